The SMILES string of the molecule is CC(C)(C)c1nc(-c2ccc3c(c2)OCO3)nc(N)c1Br. The molecule has 2 aromatic rings. The second-order valence-electron chi connectivity index (χ2n) is 5.91. The summed E-state index contributed by atoms with van der Waals surface area (Å²) < 4.78 is 11.5. The summed E-state index contributed by atoms with van der Waals surface area (Å²) in [5, 5.41) is 0. The lowest BCUT2D eigenvalue weighted by atomic mass is 9.91. The maximum atomic E-state index is 6.01. The average Bonchev–Trinajstić information content (AvgIpc) is 2.87. The lowest BCUT2D eigenvalue weighted by molar-refractivity contribution is 0.174. The van der Waals surface area contributed by atoms with Crippen LogP contribution in [-0.4, -0.2) is 16.8 Å². The van der Waals surface area contributed by atoms with Crippen molar-refractivity contribution in [1.82, 2.24) is 9.97 Å². The van der Waals surface area contributed by atoms with Gasteiger partial charge in [0.25, 0.3) is 0 Å². The van der Waals surface area contributed by atoms with Gasteiger partial charge in [0.05, 0.1) is 10.2 Å². The summed E-state index contributed by atoms with van der Waals surface area (Å²) in [5.41, 5.74) is 7.60. The lowest BCUT2D eigenvalue weighted by Gasteiger charge is -2.20. The fraction of sp³-hybridized carbons (Fsp3) is 0.333. The van der Waals surface area contributed by atoms with Crippen LogP contribution in [0.3, 0.4) is 0 Å². The van der Waals surface area contributed by atoms with Gasteiger partial charge in [-0.1, -0.05) is 20.8 Å². The second-order valence-corrected chi connectivity index (χ2v) is 6.71. The molecule has 0 unspecified atom stereocenters. The molecule has 0 spiro atoms. The standard InChI is InChI=1S/C15H16BrN3O2/c1-15(2,3)12-11(16)13(17)19-14(18-12)8-4-5-9-10(6-8)21-7-20-9/h4-6H,7H2,1-3H3,(H2,17,18,19). The minimum absolute atomic E-state index is 0.138. The Kier molecular flexibility index (Phi) is 3.28. The van der Waals surface area contributed by atoms with Gasteiger partial charge in [-0.15, -0.1) is 0 Å². The Bertz CT molecular complexity index is 711. The molecular formula is C15H16BrN3O2. The van der Waals surface area contributed by atoms with Gasteiger partial charge in [0.15, 0.2) is 17.3 Å². The van der Waals surface area contributed by atoms with E-state index >= 15 is 0 Å². The average molecular weight is 350 g/mol. The maximum absolute atomic E-state index is 6.01. The molecule has 0 saturated heterocycles. The van der Waals surface area contributed by atoms with Crippen molar-refractivity contribution in [2.75, 3.05) is 12.5 Å². The molecule has 1 aromatic carbocycles. The molecule has 1 aliphatic heterocycles. The highest BCUT2D eigenvalue weighted by Gasteiger charge is 2.23. The number of rotatable bonds is 1. The van der Waals surface area contributed by atoms with Crippen LogP contribution in [0.15, 0.2) is 22.7 Å². The van der Waals surface area contributed by atoms with Crippen molar-refractivity contribution in [3.05, 3.63) is 28.4 Å². The van der Waals surface area contributed by atoms with Gasteiger partial charge in [-0.2, -0.15) is 0 Å². The van der Waals surface area contributed by atoms with E-state index in [4.69, 9.17) is 15.2 Å². The third-order valence-corrected chi connectivity index (χ3v) is 4.00. The highest BCUT2D eigenvalue weighted by Crippen LogP contribution is 2.37. The number of nitrogens with two attached hydrogens (primary N) is 1. The highest BCUT2D eigenvalue weighted by atomic mass is 79.9. The van der Waals surface area contributed by atoms with Crippen LogP contribution in [0, 0.1) is 0 Å². The summed E-state index contributed by atoms with van der Waals surface area (Å²) in [4.78, 5) is 9.03. The van der Waals surface area contributed by atoms with E-state index in [1.54, 1.807) is 0 Å². The molecule has 2 heterocycles. The van der Waals surface area contributed by atoms with Crippen LogP contribution in [0.5, 0.6) is 11.5 Å². The summed E-state index contributed by atoms with van der Waals surface area (Å²) in [6.07, 6.45) is 0. The first-order valence-electron chi connectivity index (χ1n) is 6.60. The van der Waals surface area contributed by atoms with Crippen molar-refractivity contribution in [1.29, 1.82) is 0 Å². The zero-order valence-corrected chi connectivity index (χ0v) is 13.7. The minimum atomic E-state index is -0.138. The van der Waals surface area contributed by atoms with Crippen molar-refractivity contribution in [2.45, 2.75) is 26.2 Å². The number of benzene rings is 1. The van der Waals surface area contributed by atoms with Crippen LogP contribution < -0.4 is 15.2 Å². The molecule has 0 aliphatic carbocycles. The zero-order valence-electron chi connectivity index (χ0n) is 12.1. The van der Waals surface area contributed by atoms with Crippen molar-refractivity contribution in [3.63, 3.8) is 0 Å². The van der Waals surface area contributed by atoms with Crippen LogP contribution in [0.25, 0.3) is 11.4 Å². The van der Waals surface area contributed by atoms with Crippen LogP contribution in [0.2, 0.25) is 0 Å². The number of fused-ring (bicyclic) bond motifs is 1. The largest absolute Gasteiger partial charge is 0.454 e. The number of anilines is 1. The number of hydrogen-bond donors (Lipinski definition) is 1. The van der Waals surface area contributed by atoms with E-state index in [0.717, 1.165) is 21.5 Å². The Morgan fingerprint density at radius 1 is 1.14 bits per heavy atom. The molecule has 0 saturated carbocycles. The smallest absolute Gasteiger partial charge is 0.231 e. The van der Waals surface area contributed by atoms with Gasteiger partial charge in [-0.25, -0.2) is 9.97 Å². The molecule has 21 heavy (non-hydrogen) atoms. The van der Waals surface area contributed by atoms with E-state index < -0.39 is 0 Å². The predicted molar refractivity (Wildman–Crippen MR) is 84.4 cm³/mol. The van der Waals surface area contributed by atoms with Gasteiger partial charge in [0.1, 0.15) is 5.82 Å². The van der Waals surface area contributed by atoms with Gasteiger partial charge >= 0.3 is 0 Å². The normalized spacial score (nSPS) is 13.5. The molecule has 0 fully saturated rings. The van der Waals surface area contributed by atoms with Crippen molar-refractivity contribution in [2.24, 2.45) is 0 Å². The highest BCUT2D eigenvalue weighted by molar-refractivity contribution is 9.10. The maximum Gasteiger partial charge on any atom is 0.231 e. The molecule has 6 heteroatoms. The summed E-state index contributed by atoms with van der Waals surface area (Å²) in [6, 6.07) is 5.64. The lowest BCUT2D eigenvalue weighted by Crippen LogP contribution is -2.17. The molecule has 110 valence electrons. The van der Waals surface area contributed by atoms with Crippen molar-refractivity contribution >= 4 is 21.7 Å². The number of nitrogen functional groups attached to an aromatic ring is 1. The Morgan fingerprint density at radius 3 is 2.57 bits per heavy atom. The Hall–Kier alpha value is -1.82. The predicted octanol–water partition coefficient (Wildman–Crippen LogP) is 3.51. The summed E-state index contributed by atoms with van der Waals surface area (Å²) in [7, 11) is 0. The van der Waals surface area contributed by atoms with E-state index in [0.29, 0.717) is 17.4 Å². The third-order valence-electron chi connectivity index (χ3n) is 3.22. The first kappa shape index (κ1) is 14.1. The van der Waals surface area contributed by atoms with E-state index in [-0.39, 0.29) is 12.2 Å². The molecule has 1 aromatic heterocycles. The van der Waals surface area contributed by atoms with Crippen molar-refractivity contribution in [3.8, 4) is 22.9 Å². The van der Waals surface area contributed by atoms with Gasteiger partial charge in [-0.05, 0) is 34.1 Å². The number of nitrogens with zero attached hydrogens (tertiary/aromatic N) is 2. The van der Waals surface area contributed by atoms with Gasteiger partial charge in [0.2, 0.25) is 6.79 Å². The van der Waals surface area contributed by atoms with E-state index in [9.17, 15) is 0 Å². The molecule has 0 atom stereocenters. The zero-order chi connectivity index (χ0) is 15.2. The molecule has 1 aliphatic rings. The summed E-state index contributed by atoms with van der Waals surface area (Å²) >= 11 is 3.48. The quantitative estimate of drug-likeness (QED) is 0.852. The van der Waals surface area contributed by atoms with Gasteiger partial charge in [0, 0.05) is 11.0 Å². The monoisotopic (exact) mass is 349 g/mol. The van der Waals surface area contributed by atoms with Crippen LogP contribution in [0.1, 0.15) is 26.5 Å². The fourth-order valence-corrected chi connectivity index (χ4v) is 2.90. The number of halogens is 1. The molecule has 5 nitrogen and oxygen atoms in total. The molecule has 0 bridgehead atoms. The van der Waals surface area contributed by atoms with Crippen LogP contribution >= 0.6 is 15.9 Å². The molecular weight excluding hydrogens is 334 g/mol. The van der Waals surface area contributed by atoms with Crippen LogP contribution in [0.4, 0.5) is 5.82 Å². The van der Waals surface area contributed by atoms with Crippen LogP contribution in [-0.2, 0) is 5.41 Å². The summed E-state index contributed by atoms with van der Waals surface area (Å²) in [5.74, 6) is 2.45. The Labute approximate surface area is 131 Å². The number of hydrogen-bond acceptors (Lipinski definition) is 5. The number of ether oxygens (including phenoxy) is 2. The van der Waals surface area contributed by atoms with E-state index in [1.807, 2.05) is 18.2 Å². The first-order chi connectivity index (χ1) is 9.86. The molecule has 3 rings (SSSR count). The summed E-state index contributed by atoms with van der Waals surface area (Å²) in [6.45, 7) is 6.50. The molecule has 0 radical (unpaired) electrons. The number of aromatic nitrogens is 2. The molecule has 2 N–H and O–H groups in total. The van der Waals surface area contributed by atoms with E-state index in [2.05, 4.69) is 46.7 Å². The third kappa shape index (κ3) is 2.55. The molecule has 0 amide bonds. The first-order valence-corrected chi connectivity index (χ1v) is 7.39. The Morgan fingerprint density at radius 2 is 1.86 bits per heavy atom. The van der Waals surface area contributed by atoms with E-state index in [1.165, 1.54) is 0 Å². The topological polar surface area (TPSA) is 70.3 Å². The van der Waals surface area contributed by atoms with Gasteiger partial charge in [-0.3, -0.25) is 0 Å². The van der Waals surface area contributed by atoms with Crippen molar-refractivity contribution < 1.29 is 9.47 Å². The Balaban J connectivity index is 2.13. The fourth-order valence-electron chi connectivity index (χ4n) is 2.13. The van der Waals surface area contributed by atoms with Gasteiger partial charge < -0.3 is 15.2 Å². The second kappa shape index (κ2) is 4.87. The minimum Gasteiger partial charge on any atom is -0.454 e.